The van der Waals surface area contributed by atoms with Crippen molar-refractivity contribution < 1.29 is 14.1 Å². The molecule has 3 aromatic heterocycles. The Balaban J connectivity index is 1.39. The Morgan fingerprint density at radius 2 is 2.09 bits per heavy atom. The largest absolute Gasteiger partial charge is 0.496 e. The van der Waals surface area contributed by atoms with Crippen molar-refractivity contribution in [2.24, 2.45) is 12.8 Å². The van der Waals surface area contributed by atoms with Crippen LogP contribution in [0, 0.1) is 0 Å². The van der Waals surface area contributed by atoms with E-state index < -0.39 is 0 Å². The molecule has 9 nitrogen and oxygen atoms in total. The molecule has 0 saturated heterocycles. The number of imidazole rings is 1. The van der Waals surface area contributed by atoms with Gasteiger partial charge in [0.15, 0.2) is 5.78 Å². The van der Waals surface area contributed by atoms with Crippen LogP contribution in [0.25, 0.3) is 22.2 Å². The van der Waals surface area contributed by atoms with Crippen molar-refractivity contribution in [1.82, 2.24) is 19.7 Å². The zero-order valence-electron chi connectivity index (χ0n) is 18.7. The molecule has 0 bridgehead atoms. The molecule has 3 N–H and O–H groups in total. The Kier molecular flexibility index (Phi) is 6.69. The lowest BCUT2D eigenvalue weighted by molar-refractivity contribution is 0.0970. The van der Waals surface area contributed by atoms with Crippen molar-refractivity contribution >= 4 is 16.7 Å². The van der Waals surface area contributed by atoms with E-state index in [4.69, 9.17) is 15.0 Å². The number of Topliss-reactive ketones (excluding diaryl/α,β-unsaturated/α-hetero) is 1. The predicted molar refractivity (Wildman–Crippen MR) is 124 cm³/mol. The van der Waals surface area contributed by atoms with E-state index in [-0.39, 0.29) is 17.4 Å². The van der Waals surface area contributed by atoms with Crippen molar-refractivity contribution in [3.8, 4) is 17.0 Å². The van der Waals surface area contributed by atoms with Crippen LogP contribution in [-0.2, 0) is 7.05 Å². The first kappa shape index (κ1) is 22.5. The van der Waals surface area contributed by atoms with Crippen molar-refractivity contribution in [3.05, 3.63) is 64.7 Å². The minimum Gasteiger partial charge on any atom is -0.496 e. The standard InChI is InChI=1S/C24H27N5O4/c1-29-20-13-22(32-2)16(12-15(20)8-9-23(29)31)19-14-26-24(27-19)17(25)6-4-3-5-7-21(30)18-10-11-33-28-18/h8-14,17H,3-7,25H2,1-2H3,(H,26,27). The lowest BCUT2D eigenvalue weighted by atomic mass is 10.0. The zero-order valence-corrected chi connectivity index (χ0v) is 18.7. The lowest BCUT2D eigenvalue weighted by Gasteiger charge is -2.12. The van der Waals surface area contributed by atoms with Crippen LogP contribution in [0.3, 0.4) is 0 Å². The number of benzene rings is 1. The molecule has 0 amide bonds. The van der Waals surface area contributed by atoms with Crippen LogP contribution >= 0.6 is 0 Å². The van der Waals surface area contributed by atoms with E-state index in [1.54, 1.807) is 43.1 Å². The van der Waals surface area contributed by atoms with Gasteiger partial charge in [0.05, 0.1) is 30.6 Å². The summed E-state index contributed by atoms with van der Waals surface area (Å²) in [5.41, 5.74) is 9.09. The number of hydrogen-bond acceptors (Lipinski definition) is 7. The molecule has 0 fully saturated rings. The smallest absolute Gasteiger partial charge is 0.250 e. The number of carbonyl (C=O) groups excluding carboxylic acids is 1. The van der Waals surface area contributed by atoms with Crippen LogP contribution in [0.2, 0.25) is 0 Å². The second-order valence-corrected chi connectivity index (χ2v) is 8.04. The molecule has 0 saturated carbocycles. The third-order valence-electron chi connectivity index (χ3n) is 5.83. The summed E-state index contributed by atoms with van der Waals surface area (Å²) in [5, 5.41) is 4.59. The number of aryl methyl sites for hydroxylation is 1. The average Bonchev–Trinajstić information content (AvgIpc) is 3.53. The molecular weight excluding hydrogens is 422 g/mol. The second kappa shape index (κ2) is 9.83. The normalized spacial score (nSPS) is 12.2. The molecule has 1 atom stereocenters. The van der Waals surface area contributed by atoms with Gasteiger partial charge >= 0.3 is 0 Å². The minimum absolute atomic E-state index is 0.00636. The molecule has 3 heterocycles. The van der Waals surface area contributed by atoms with Gasteiger partial charge in [-0.1, -0.05) is 18.0 Å². The highest BCUT2D eigenvalue weighted by molar-refractivity contribution is 5.93. The lowest BCUT2D eigenvalue weighted by Crippen LogP contribution is -2.15. The number of pyridine rings is 1. The van der Waals surface area contributed by atoms with Crippen LogP contribution < -0.4 is 16.0 Å². The highest BCUT2D eigenvalue weighted by Crippen LogP contribution is 2.33. The monoisotopic (exact) mass is 449 g/mol. The van der Waals surface area contributed by atoms with Crippen LogP contribution in [0.5, 0.6) is 5.75 Å². The summed E-state index contributed by atoms with van der Waals surface area (Å²) in [6.45, 7) is 0. The van der Waals surface area contributed by atoms with E-state index in [1.165, 1.54) is 6.26 Å². The molecule has 4 rings (SSSR count). The molecule has 172 valence electrons. The number of ketones is 1. The van der Waals surface area contributed by atoms with Gasteiger partial charge in [-0.25, -0.2) is 4.98 Å². The summed E-state index contributed by atoms with van der Waals surface area (Å²) < 4.78 is 11.9. The molecule has 0 aliphatic carbocycles. The van der Waals surface area contributed by atoms with Gasteiger partial charge in [0.25, 0.3) is 5.56 Å². The quantitative estimate of drug-likeness (QED) is 0.278. The fourth-order valence-corrected chi connectivity index (χ4v) is 3.89. The minimum atomic E-state index is -0.239. The van der Waals surface area contributed by atoms with Gasteiger partial charge in [0.2, 0.25) is 0 Å². The summed E-state index contributed by atoms with van der Waals surface area (Å²) in [6, 6.07) is 8.52. The van der Waals surface area contributed by atoms with Crippen molar-refractivity contribution in [1.29, 1.82) is 0 Å². The number of hydrogen-bond donors (Lipinski definition) is 2. The molecular formula is C24H27N5O4. The fourth-order valence-electron chi connectivity index (χ4n) is 3.89. The van der Waals surface area contributed by atoms with Crippen molar-refractivity contribution in [2.45, 2.75) is 38.1 Å². The van der Waals surface area contributed by atoms with Gasteiger partial charge in [-0.2, -0.15) is 0 Å². The Morgan fingerprint density at radius 1 is 1.24 bits per heavy atom. The third kappa shape index (κ3) is 4.88. The number of carbonyl (C=O) groups is 1. The maximum atomic E-state index is 11.9. The number of nitrogens with two attached hydrogens (primary N) is 1. The van der Waals surface area contributed by atoms with Crippen LogP contribution in [-0.4, -0.2) is 32.6 Å². The molecule has 9 heteroatoms. The topological polar surface area (TPSA) is 129 Å². The molecule has 1 aromatic carbocycles. The number of nitrogens with zero attached hydrogens (tertiary/aromatic N) is 3. The molecule has 1 unspecified atom stereocenters. The highest BCUT2D eigenvalue weighted by Gasteiger charge is 2.16. The number of unbranched alkanes of at least 4 members (excludes halogenated alkanes) is 2. The van der Waals surface area contributed by atoms with Gasteiger partial charge in [-0.3, -0.25) is 9.59 Å². The van der Waals surface area contributed by atoms with Gasteiger partial charge in [0, 0.05) is 37.2 Å². The van der Waals surface area contributed by atoms with Crippen LogP contribution in [0.15, 0.2) is 52.1 Å². The van der Waals surface area contributed by atoms with Crippen LogP contribution in [0.4, 0.5) is 0 Å². The predicted octanol–water partition coefficient (Wildman–Crippen LogP) is 3.76. The molecule has 33 heavy (non-hydrogen) atoms. The van der Waals surface area contributed by atoms with E-state index in [9.17, 15) is 9.59 Å². The first-order valence-electron chi connectivity index (χ1n) is 10.9. The van der Waals surface area contributed by atoms with E-state index in [2.05, 4.69) is 15.1 Å². The number of rotatable bonds is 10. The summed E-state index contributed by atoms with van der Waals surface area (Å²) in [7, 11) is 3.34. The number of methoxy groups -OCH3 is 1. The third-order valence-corrected chi connectivity index (χ3v) is 5.83. The molecule has 0 aliphatic rings. The summed E-state index contributed by atoms with van der Waals surface area (Å²) in [6.07, 6.45) is 6.90. The number of aromatic nitrogens is 4. The molecule has 0 spiro atoms. The Bertz CT molecular complexity index is 1310. The van der Waals surface area contributed by atoms with E-state index >= 15 is 0 Å². The van der Waals surface area contributed by atoms with Gasteiger partial charge in [-0.15, -0.1) is 0 Å². The Labute approximate surface area is 190 Å². The van der Waals surface area contributed by atoms with E-state index in [0.717, 1.165) is 47.8 Å². The van der Waals surface area contributed by atoms with Crippen molar-refractivity contribution in [3.63, 3.8) is 0 Å². The first-order chi connectivity index (χ1) is 16.0. The first-order valence-corrected chi connectivity index (χ1v) is 10.9. The van der Waals surface area contributed by atoms with Crippen LogP contribution in [0.1, 0.15) is 54.5 Å². The highest BCUT2D eigenvalue weighted by atomic mass is 16.5. The second-order valence-electron chi connectivity index (χ2n) is 8.04. The van der Waals surface area contributed by atoms with E-state index in [0.29, 0.717) is 23.7 Å². The van der Waals surface area contributed by atoms with E-state index in [1.807, 2.05) is 12.1 Å². The summed E-state index contributed by atoms with van der Waals surface area (Å²) in [4.78, 5) is 31.7. The number of fused-ring (bicyclic) bond motifs is 1. The van der Waals surface area contributed by atoms with Gasteiger partial charge in [-0.05, 0) is 30.4 Å². The van der Waals surface area contributed by atoms with Gasteiger partial charge < -0.3 is 24.5 Å². The summed E-state index contributed by atoms with van der Waals surface area (Å²) >= 11 is 0. The molecule has 0 aliphatic heterocycles. The Hall–Kier alpha value is -3.72. The van der Waals surface area contributed by atoms with Gasteiger partial charge in [0.1, 0.15) is 23.5 Å². The molecule has 4 aromatic rings. The maximum Gasteiger partial charge on any atom is 0.250 e. The fraction of sp³-hybridized carbons (Fsp3) is 0.333. The molecule has 0 radical (unpaired) electrons. The number of nitrogens with one attached hydrogen (secondary N) is 1. The SMILES string of the molecule is COc1cc2c(ccc(=O)n2C)cc1-c1cnc(C(N)CCCCCC(=O)c2ccon2)[nH]1. The summed E-state index contributed by atoms with van der Waals surface area (Å²) in [5.74, 6) is 1.34. The Morgan fingerprint density at radius 3 is 2.85 bits per heavy atom. The number of aromatic amines is 1. The number of ether oxygens (including phenoxy) is 1. The zero-order chi connectivity index (χ0) is 23.4. The maximum absolute atomic E-state index is 11.9. The van der Waals surface area contributed by atoms with Crippen molar-refractivity contribution in [2.75, 3.05) is 7.11 Å². The average molecular weight is 450 g/mol. The number of H-pyrrole nitrogens is 1.